The van der Waals surface area contributed by atoms with Crippen LogP contribution in [0.1, 0.15) is 28.6 Å². The normalized spacial score (nSPS) is 13.2. The number of alkyl halides is 3. The second-order valence-electron chi connectivity index (χ2n) is 4.71. The molecule has 0 saturated carbocycles. The molecule has 2 N–H and O–H groups in total. The van der Waals surface area contributed by atoms with E-state index < -0.39 is 17.8 Å². The Morgan fingerprint density at radius 1 is 1.15 bits per heavy atom. The average molecular weight is 280 g/mol. The number of benzene rings is 1. The summed E-state index contributed by atoms with van der Waals surface area (Å²) in [4.78, 5) is 4.29. The molecule has 5 heteroatoms. The van der Waals surface area contributed by atoms with Crippen molar-refractivity contribution in [1.82, 2.24) is 4.98 Å². The summed E-state index contributed by atoms with van der Waals surface area (Å²) in [5, 5.41) is 0. The van der Waals surface area contributed by atoms with Gasteiger partial charge in [-0.15, -0.1) is 0 Å². The van der Waals surface area contributed by atoms with Crippen LogP contribution in [-0.4, -0.2) is 4.98 Å². The number of nitrogens with zero attached hydrogens (tertiary/aromatic N) is 1. The van der Waals surface area contributed by atoms with E-state index in [1.54, 1.807) is 12.1 Å². The predicted molar refractivity (Wildman–Crippen MR) is 71.1 cm³/mol. The molecule has 0 amide bonds. The number of aromatic nitrogens is 1. The lowest BCUT2D eigenvalue weighted by atomic mass is 10.0. The Morgan fingerprint density at radius 3 is 2.50 bits per heavy atom. The first-order valence-corrected chi connectivity index (χ1v) is 6.21. The van der Waals surface area contributed by atoms with E-state index in [4.69, 9.17) is 5.73 Å². The standard InChI is InChI=1S/C15H15F3N2/c1-10-4-2-7-14(20-10)13(19)9-11-5-3-6-12(8-11)15(16,17)18/h2-8,13H,9,19H2,1H3. The largest absolute Gasteiger partial charge is 0.416 e. The van der Waals surface area contributed by atoms with Crippen LogP contribution in [0.2, 0.25) is 0 Å². The molecule has 1 unspecified atom stereocenters. The number of halogens is 3. The third-order valence-corrected chi connectivity index (χ3v) is 3.00. The summed E-state index contributed by atoms with van der Waals surface area (Å²) in [6, 6.07) is 10.3. The van der Waals surface area contributed by atoms with E-state index in [-0.39, 0.29) is 0 Å². The van der Waals surface area contributed by atoms with Crippen LogP contribution in [0.3, 0.4) is 0 Å². The molecule has 0 fully saturated rings. The Labute approximate surface area is 115 Å². The maximum atomic E-state index is 12.6. The second kappa shape index (κ2) is 5.63. The lowest BCUT2D eigenvalue weighted by Crippen LogP contribution is -2.15. The van der Waals surface area contributed by atoms with Gasteiger partial charge in [-0.25, -0.2) is 0 Å². The summed E-state index contributed by atoms with van der Waals surface area (Å²) in [5.74, 6) is 0. The minimum absolute atomic E-state index is 0.320. The first-order valence-electron chi connectivity index (χ1n) is 6.21. The predicted octanol–water partition coefficient (Wildman–Crippen LogP) is 3.65. The van der Waals surface area contributed by atoms with E-state index in [1.807, 2.05) is 19.1 Å². The SMILES string of the molecule is Cc1cccc(C(N)Cc2cccc(C(F)(F)F)c2)n1. The summed E-state index contributed by atoms with van der Waals surface area (Å²) >= 11 is 0. The lowest BCUT2D eigenvalue weighted by molar-refractivity contribution is -0.137. The quantitative estimate of drug-likeness (QED) is 0.932. The Morgan fingerprint density at radius 2 is 1.85 bits per heavy atom. The van der Waals surface area contributed by atoms with Crippen molar-refractivity contribution in [2.75, 3.05) is 0 Å². The van der Waals surface area contributed by atoms with Crippen LogP contribution in [-0.2, 0) is 12.6 Å². The molecule has 0 saturated heterocycles. The molecule has 1 aromatic heterocycles. The number of pyridine rings is 1. The minimum Gasteiger partial charge on any atom is -0.322 e. The molecule has 20 heavy (non-hydrogen) atoms. The number of rotatable bonds is 3. The zero-order chi connectivity index (χ0) is 14.8. The first kappa shape index (κ1) is 14.5. The van der Waals surface area contributed by atoms with Gasteiger partial charge in [0.05, 0.1) is 17.3 Å². The zero-order valence-electron chi connectivity index (χ0n) is 11.0. The van der Waals surface area contributed by atoms with Crippen molar-refractivity contribution in [3.05, 3.63) is 65.0 Å². The molecule has 1 heterocycles. The molecule has 2 nitrogen and oxygen atoms in total. The van der Waals surface area contributed by atoms with Gasteiger partial charge in [0, 0.05) is 5.69 Å². The van der Waals surface area contributed by atoms with Crippen LogP contribution >= 0.6 is 0 Å². The van der Waals surface area contributed by atoms with Gasteiger partial charge in [0.25, 0.3) is 0 Å². The molecule has 0 radical (unpaired) electrons. The summed E-state index contributed by atoms with van der Waals surface area (Å²) in [7, 11) is 0. The van der Waals surface area contributed by atoms with Gasteiger partial charge in [-0.2, -0.15) is 13.2 Å². The highest BCUT2D eigenvalue weighted by Crippen LogP contribution is 2.30. The van der Waals surface area contributed by atoms with Gasteiger partial charge in [0.2, 0.25) is 0 Å². The first-order chi connectivity index (χ1) is 9.36. The Balaban J connectivity index is 2.18. The van der Waals surface area contributed by atoms with Gasteiger partial charge in [0.15, 0.2) is 0 Å². The average Bonchev–Trinajstić information content (AvgIpc) is 2.38. The smallest absolute Gasteiger partial charge is 0.322 e. The van der Waals surface area contributed by atoms with E-state index in [9.17, 15) is 13.2 Å². The van der Waals surface area contributed by atoms with Crippen LogP contribution in [0.25, 0.3) is 0 Å². The summed E-state index contributed by atoms with van der Waals surface area (Å²) in [5.41, 5.74) is 7.43. The highest BCUT2D eigenvalue weighted by atomic mass is 19.4. The van der Waals surface area contributed by atoms with Crippen molar-refractivity contribution in [3.8, 4) is 0 Å². The third kappa shape index (κ3) is 3.57. The Hall–Kier alpha value is -1.88. The topological polar surface area (TPSA) is 38.9 Å². The van der Waals surface area contributed by atoms with Crippen LogP contribution in [0.15, 0.2) is 42.5 Å². The highest BCUT2D eigenvalue weighted by Gasteiger charge is 2.30. The monoisotopic (exact) mass is 280 g/mol. The van der Waals surface area contributed by atoms with Crippen LogP contribution in [0.4, 0.5) is 13.2 Å². The Bertz CT molecular complexity index is 594. The fourth-order valence-corrected chi connectivity index (χ4v) is 2.00. The number of nitrogens with two attached hydrogens (primary N) is 1. The zero-order valence-corrected chi connectivity index (χ0v) is 11.0. The fraction of sp³-hybridized carbons (Fsp3) is 0.267. The van der Waals surface area contributed by atoms with E-state index in [1.165, 1.54) is 6.07 Å². The molecule has 0 bridgehead atoms. The van der Waals surface area contributed by atoms with Gasteiger partial charge in [-0.1, -0.05) is 24.3 Å². The van der Waals surface area contributed by atoms with Crippen molar-refractivity contribution in [3.63, 3.8) is 0 Å². The van der Waals surface area contributed by atoms with Gasteiger partial charge < -0.3 is 5.73 Å². The maximum absolute atomic E-state index is 12.6. The van der Waals surface area contributed by atoms with Gasteiger partial charge in [0.1, 0.15) is 0 Å². The summed E-state index contributed by atoms with van der Waals surface area (Å²) < 4.78 is 37.9. The van der Waals surface area contributed by atoms with E-state index in [0.29, 0.717) is 17.7 Å². The van der Waals surface area contributed by atoms with E-state index in [0.717, 1.165) is 17.8 Å². The number of hydrogen-bond acceptors (Lipinski definition) is 2. The van der Waals surface area contributed by atoms with Crippen LogP contribution in [0.5, 0.6) is 0 Å². The maximum Gasteiger partial charge on any atom is 0.416 e. The molecule has 2 aromatic rings. The van der Waals surface area contributed by atoms with Crippen molar-refractivity contribution < 1.29 is 13.2 Å². The van der Waals surface area contributed by atoms with Crippen molar-refractivity contribution in [2.24, 2.45) is 5.73 Å². The molecular formula is C15H15F3N2. The van der Waals surface area contributed by atoms with Gasteiger partial charge >= 0.3 is 6.18 Å². The Kier molecular flexibility index (Phi) is 4.09. The van der Waals surface area contributed by atoms with Crippen molar-refractivity contribution in [2.45, 2.75) is 25.6 Å². The van der Waals surface area contributed by atoms with E-state index >= 15 is 0 Å². The van der Waals surface area contributed by atoms with Crippen LogP contribution < -0.4 is 5.73 Å². The van der Waals surface area contributed by atoms with E-state index in [2.05, 4.69) is 4.98 Å². The van der Waals surface area contributed by atoms with Gasteiger partial charge in [-0.3, -0.25) is 4.98 Å². The summed E-state index contributed by atoms with van der Waals surface area (Å²) in [6.45, 7) is 1.85. The van der Waals surface area contributed by atoms with Crippen molar-refractivity contribution in [1.29, 1.82) is 0 Å². The molecule has 106 valence electrons. The highest BCUT2D eigenvalue weighted by molar-refractivity contribution is 5.27. The fourth-order valence-electron chi connectivity index (χ4n) is 2.00. The molecule has 0 aliphatic rings. The number of hydrogen-bond donors (Lipinski definition) is 1. The second-order valence-corrected chi connectivity index (χ2v) is 4.71. The summed E-state index contributed by atoms with van der Waals surface area (Å²) in [6.07, 6.45) is -4.01. The van der Waals surface area contributed by atoms with Crippen LogP contribution in [0, 0.1) is 6.92 Å². The molecule has 1 aromatic carbocycles. The number of aryl methyl sites for hydroxylation is 1. The molecule has 0 aliphatic carbocycles. The third-order valence-electron chi connectivity index (χ3n) is 3.00. The van der Waals surface area contributed by atoms with Crippen molar-refractivity contribution >= 4 is 0 Å². The molecular weight excluding hydrogens is 265 g/mol. The minimum atomic E-state index is -4.33. The van der Waals surface area contributed by atoms with Gasteiger partial charge in [-0.05, 0) is 37.1 Å². The lowest BCUT2D eigenvalue weighted by Gasteiger charge is -2.13. The molecule has 0 spiro atoms. The molecule has 1 atom stereocenters. The molecule has 0 aliphatic heterocycles. The molecule has 2 rings (SSSR count).